The number of carbonyl (C=O) groups excluding carboxylic acids is 1. The van der Waals surface area contributed by atoms with Crippen molar-refractivity contribution in [1.29, 1.82) is 0 Å². The second kappa shape index (κ2) is 7.21. The summed E-state index contributed by atoms with van der Waals surface area (Å²) in [5, 5.41) is 7.27. The molecule has 1 N–H and O–H groups in total. The van der Waals surface area contributed by atoms with Gasteiger partial charge in [0, 0.05) is 25.2 Å². The van der Waals surface area contributed by atoms with E-state index in [1.165, 1.54) is 12.1 Å². The van der Waals surface area contributed by atoms with Gasteiger partial charge in [0.15, 0.2) is 5.82 Å². The summed E-state index contributed by atoms with van der Waals surface area (Å²) in [5.41, 5.74) is 0.663. The molecule has 2 amide bonds. The van der Waals surface area contributed by atoms with Gasteiger partial charge in [-0.05, 0) is 43.5 Å². The van der Waals surface area contributed by atoms with Crippen LogP contribution in [0.15, 0.2) is 24.3 Å². The number of nitrogens with one attached hydrogen (secondary N) is 1. The molecule has 1 fully saturated rings. The van der Waals surface area contributed by atoms with Crippen LogP contribution in [-0.4, -0.2) is 39.7 Å². The average molecular weight is 345 g/mol. The van der Waals surface area contributed by atoms with Gasteiger partial charge in [0.25, 0.3) is 0 Å². The van der Waals surface area contributed by atoms with Crippen molar-refractivity contribution < 1.29 is 9.18 Å². The number of likely N-dealkylation sites (tertiary alicyclic amines) is 1. The van der Waals surface area contributed by atoms with E-state index in [-0.39, 0.29) is 23.8 Å². The standard InChI is InChI=1S/C18H24FN5O/c1-12(2)16-20-17(22-21-16)15-6-4-5-11-24(15)18(25)23(3)14-9-7-13(19)8-10-14/h7-10,12,15H,4-6,11H2,1-3H3,(H,20,21,22). The van der Waals surface area contributed by atoms with Crippen LogP contribution < -0.4 is 4.90 Å². The molecule has 1 atom stereocenters. The van der Waals surface area contributed by atoms with E-state index in [4.69, 9.17) is 0 Å². The van der Waals surface area contributed by atoms with Gasteiger partial charge in [-0.1, -0.05) is 13.8 Å². The third-order valence-corrected chi connectivity index (χ3v) is 4.60. The molecule has 1 aliphatic rings. The number of halogens is 1. The fraction of sp³-hybridized carbons (Fsp3) is 0.500. The summed E-state index contributed by atoms with van der Waals surface area (Å²) in [4.78, 5) is 21.0. The molecule has 0 radical (unpaired) electrons. The highest BCUT2D eigenvalue weighted by atomic mass is 19.1. The maximum absolute atomic E-state index is 13.1. The maximum atomic E-state index is 13.1. The van der Waals surface area contributed by atoms with Gasteiger partial charge in [-0.15, -0.1) is 0 Å². The highest BCUT2D eigenvalue weighted by molar-refractivity contribution is 5.91. The molecule has 6 nitrogen and oxygen atoms in total. The smallest absolute Gasteiger partial charge is 0.314 e. The van der Waals surface area contributed by atoms with E-state index in [9.17, 15) is 9.18 Å². The third kappa shape index (κ3) is 3.65. The first kappa shape index (κ1) is 17.4. The number of hydrogen-bond acceptors (Lipinski definition) is 3. The summed E-state index contributed by atoms with van der Waals surface area (Å²) in [6.07, 6.45) is 2.87. The summed E-state index contributed by atoms with van der Waals surface area (Å²) >= 11 is 0. The number of aromatic amines is 1. The quantitative estimate of drug-likeness (QED) is 0.919. The Morgan fingerprint density at radius 1 is 1.32 bits per heavy atom. The number of H-pyrrole nitrogens is 1. The van der Waals surface area contributed by atoms with Crippen LogP contribution in [0.25, 0.3) is 0 Å². The molecule has 1 aliphatic heterocycles. The first-order valence-corrected chi connectivity index (χ1v) is 8.69. The Morgan fingerprint density at radius 2 is 2.04 bits per heavy atom. The minimum Gasteiger partial charge on any atom is -0.314 e. The number of amides is 2. The number of carbonyl (C=O) groups is 1. The van der Waals surface area contributed by atoms with Crippen molar-refractivity contribution in [2.24, 2.45) is 0 Å². The molecular formula is C18H24FN5O. The van der Waals surface area contributed by atoms with Crippen LogP contribution in [0, 0.1) is 5.82 Å². The Hall–Kier alpha value is -2.44. The van der Waals surface area contributed by atoms with Crippen LogP contribution in [0.1, 0.15) is 56.7 Å². The number of benzene rings is 1. The van der Waals surface area contributed by atoms with Gasteiger partial charge in [0.2, 0.25) is 0 Å². The zero-order chi connectivity index (χ0) is 18.0. The van der Waals surface area contributed by atoms with Crippen molar-refractivity contribution in [3.63, 3.8) is 0 Å². The molecule has 134 valence electrons. The van der Waals surface area contributed by atoms with Gasteiger partial charge in [0.05, 0.1) is 6.04 Å². The first-order chi connectivity index (χ1) is 12.0. The predicted molar refractivity (Wildman–Crippen MR) is 94.0 cm³/mol. The Kier molecular flexibility index (Phi) is 5.01. The first-order valence-electron chi connectivity index (χ1n) is 8.69. The lowest BCUT2D eigenvalue weighted by Crippen LogP contribution is -2.45. The lowest BCUT2D eigenvalue weighted by molar-refractivity contribution is 0.154. The molecular weight excluding hydrogens is 321 g/mol. The van der Waals surface area contributed by atoms with E-state index in [2.05, 4.69) is 15.2 Å². The van der Waals surface area contributed by atoms with Crippen LogP contribution >= 0.6 is 0 Å². The fourth-order valence-corrected chi connectivity index (χ4v) is 3.11. The number of anilines is 1. The third-order valence-electron chi connectivity index (χ3n) is 4.60. The molecule has 1 unspecified atom stereocenters. The van der Waals surface area contributed by atoms with Gasteiger partial charge in [0.1, 0.15) is 11.6 Å². The van der Waals surface area contributed by atoms with Gasteiger partial charge >= 0.3 is 6.03 Å². The van der Waals surface area contributed by atoms with E-state index in [1.54, 1.807) is 24.1 Å². The molecule has 7 heteroatoms. The number of nitrogens with zero attached hydrogens (tertiary/aromatic N) is 4. The molecule has 2 heterocycles. The minimum absolute atomic E-state index is 0.107. The normalized spacial score (nSPS) is 17.8. The van der Waals surface area contributed by atoms with Crippen molar-refractivity contribution in [2.75, 3.05) is 18.5 Å². The second-order valence-electron chi connectivity index (χ2n) is 6.76. The fourth-order valence-electron chi connectivity index (χ4n) is 3.11. The molecule has 0 aliphatic carbocycles. The highest BCUT2D eigenvalue weighted by Crippen LogP contribution is 2.31. The molecule has 0 saturated carbocycles. The summed E-state index contributed by atoms with van der Waals surface area (Å²) in [5.74, 6) is 1.42. The lowest BCUT2D eigenvalue weighted by Gasteiger charge is -2.36. The van der Waals surface area contributed by atoms with Crippen LogP contribution in [-0.2, 0) is 0 Å². The number of urea groups is 1. The van der Waals surface area contributed by atoms with Crippen molar-refractivity contribution in [1.82, 2.24) is 20.1 Å². The van der Waals surface area contributed by atoms with Crippen LogP contribution in [0.4, 0.5) is 14.9 Å². The van der Waals surface area contributed by atoms with Gasteiger partial charge in [-0.2, -0.15) is 5.10 Å². The van der Waals surface area contributed by atoms with Crippen molar-refractivity contribution in [3.8, 4) is 0 Å². The zero-order valence-corrected chi connectivity index (χ0v) is 14.9. The van der Waals surface area contributed by atoms with E-state index >= 15 is 0 Å². The summed E-state index contributed by atoms with van der Waals surface area (Å²) in [6.45, 7) is 4.75. The van der Waals surface area contributed by atoms with E-state index in [0.29, 0.717) is 12.2 Å². The van der Waals surface area contributed by atoms with Crippen molar-refractivity contribution in [3.05, 3.63) is 41.7 Å². The van der Waals surface area contributed by atoms with E-state index in [0.717, 1.165) is 30.9 Å². The van der Waals surface area contributed by atoms with Crippen LogP contribution in [0.5, 0.6) is 0 Å². The van der Waals surface area contributed by atoms with Gasteiger partial charge < -0.3 is 4.90 Å². The lowest BCUT2D eigenvalue weighted by atomic mass is 10.0. The van der Waals surface area contributed by atoms with Crippen molar-refractivity contribution >= 4 is 11.7 Å². The predicted octanol–water partition coefficient (Wildman–Crippen LogP) is 3.85. The molecule has 1 aromatic carbocycles. The molecule has 1 saturated heterocycles. The van der Waals surface area contributed by atoms with E-state index in [1.807, 2.05) is 18.7 Å². The molecule has 3 rings (SSSR count). The van der Waals surface area contributed by atoms with Gasteiger partial charge in [-0.25, -0.2) is 14.2 Å². The topological polar surface area (TPSA) is 65.1 Å². The average Bonchev–Trinajstić information content (AvgIpc) is 3.11. The summed E-state index contributed by atoms with van der Waals surface area (Å²) < 4.78 is 13.1. The number of rotatable bonds is 3. The SMILES string of the molecule is CC(C)c1n[nH]c(C2CCCCN2C(=O)N(C)c2ccc(F)cc2)n1. The minimum atomic E-state index is -0.316. The number of aromatic nitrogens is 3. The maximum Gasteiger partial charge on any atom is 0.324 e. The molecule has 1 aromatic heterocycles. The van der Waals surface area contributed by atoms with Crippen molar-refractivity contribution in [2.45, 2.75) is 45.1 Å². The largest absolute Gasteiger partial charge is 0.324 e. The Morgan fingerprint density at radius 3 is 2.68 bits per heavy atom. The Balaban J connectivity index is 1.81. The molecule has 0 bridgehead atoms. The molecule has 2 aromatic rings. The zero-order valence-electron chi connectivity index (χ0n) is 14.9. The van der Waals surface area contributed by atoms with E-state index < -0.39 is 0 Å². The Bertz CT molecular complexity index is 727. The monoisotopic (exact) mass is 345 g/mol. The molecule has 0 spiro atoms. The number of hydrogen-bond donors (Lipinski definition) is 1. The van der Waals surface area contributed by atoms with Crippen LogP contribution in [0.3, 0.4) is 0 Å². The highest BCUT2D eigenvalue weighted by Gasteiger charge is 2.32. The molecule has 25 heavy (non-hydrogen) atoms. The van der Waals surface area contributed by atoms with Crippen LogP contribution in [0.2, 0.25) is 0 Å². The summed E-state index contributed by atoms with van der Waals surface area (Å²) in [7, 11) is 1.71. The summed E-state index contributed by atoms with van der Waals surface area (Å²) in [6, 6.07) is 5.72. The second-order valence-corrected chi connectivity index (χ2v) is 6.76. The van der Waals surface area contributed by atoms with Gasteiger partial charge in [-0.3, -0.25) is 10.00 Å². The number of piperidine rings is 1. The Labute approximate surface area is 147 Å².